The molecule has 1 aliphatic rings. The number of carbonyl (C=O) groups is 1. The summed E-state index contributed by atoms with van der Waals surface area (Å²) < 4.78 is 0. The van der Waals surface area contributed by atoms with Gasteiger partial charge in [-0.05, 0) is 25.7 Å². The zero-order valence-electron chi connectivity index (χ0n) is 8.12. The van der Waals surface area contributed by atoms with E-state index in [9.17, 15) is 10.0 Å². The lowest BCUT2D eigenvalue weighted by atomic mass is 9.75. The molecule has 1 aliphatic heterocycles. The minimum atomic E-state index is -0.380. The topological polar surface area (TPSA) is 40.5 Å². The molecule has 1 heterocycles. The van der Waals surface area contributed by atoms with E-state index in [0.717, 1.165) is 24.3 Å². The molecule has 0 radical (unpaired) electrons. The van der Waals surface area contributed by atoms with Crippen LogP contribution < -0.4 is 0 Å². The minimum absolute atomic E-state index is 0.138. The molecule has 1 atom stereocenters. The average molecular weight is 183 g/mol. The molecule has 0 spiro atoms. The Labute approximate surface area is 79.0 Å². The molecule has 1 unspecified atom stereocenters. The first-order valence-corrected chi connectivity index (χ1v) is 4.78. The monoisotopic (exact) mass is 183 g/mol. The Morgan fingerprint density at radius 3 is 3.00 bits per heavy atom. The van der Waals surface area contributed by atoms with Crippen molar-refractivity contribution in [2.75, 3.05) is 6.54 Å². The number of allylic oxidation sites excluding steroid dienone is 1. The lowest BCUT2D eigenvalue weighted by molar-refractivity contribution is -0.185. The highest BCUT2D eigenvalue weighted by atomic mass is 16.5. The standard InChI is InChI=1S/C10H17NO2/c1-3-6-10(4-2)7-5-8-11(13)9(10)12/h3,13H,1,4-8H2,2H3. The number of piperidine rings is 1. The van der Waals surface area contributed by atoms with E-state index in [1.807, 2.05) is 6.92 Å². The van der Waals surface area contributed by atoms with Crippen LogP contribution in [-0.2, 0) is 4.79 Å². The zero-order chi connectivity index (χ0) is 9.90. The number of rotatable bonds is 3. The fourth-order valence-corrected chi connectivity index (χ4v) is 1.99. The maximum atomic E-state index is 11.7. The summed E-state index contributed by atoms with van der Waals surface area (Å²) >= 11 is 0. The molecule has 0 aromatic heterocycles. The van der Waals surface area contributed by atoms with E-state index in [-0.39, 0.29) is 11.3 Å². The Hall–Kier alpha value is -0.830. The number of hydrogen-bond acceptors (Lipinski definition) is 2. The van der Waals surface area contributed by atoms with Gasteiger partial charge >= 0.3 is 0 Å². The molecule has 1 fully saturated rings. The number of nitrogens with zero attached hydrogens (tertiary/aromatic N) is 1. The predicted molar refractivity (Wildman–Crippen MR) is 50.3 cm³/mol. The van der Waals surface area contributed by atoms with E-state index in [0.29, 0.717) is 13.0 Å². The van der Waals surface area contributed by atoms with Crippen molar-refractivity contribution in [3.63, 3.8) is 0 Å². The lowest BCUT2D eigenvalue weighted by Crippen LogP contribution is -2.46. The first-order chi connectivity index (χ1) is 6.16. The summed E-state index contributed by atoms with van der Waals surface area (Å²) in [5.74, 6) is -0.138. The van der Waals surface area contributed by atoms with E-state index >= 15 is 0 Å². The Kier molecular flexibility index (Phi) is 3.09. The van der Waals surface area contributed by atoms with Gasteiger partial charge in [-0.25, -0.2) is 5.06 Å². The third kappa shape index (κ3) is 1.75. The van der Waals surface area contributed by atoms with Crippen molar-refractivity contribution in [3.8, 4) is 0 Å². The van der Waals surface area contributed by atoms with Crippen LogP contribution in [-0.4, -0.2) is 22.7 Å². The van der Waals surface area contributed by atoms with Gasteiger partial charge in [0.15, 0.2) is 0 Å². The van der Waals surface area contributed by atoms with Gasteiger partial charge in [0.25, 0.3) is 5.91 Å². The molecule has 74 valence electrons. The van der Waals surface area contributed by atoms with Crippen molar-refractivity contribution in [3.05, 3.63) is 12.7 Å². The van der Waals surface area contributed by atoms with Crippen molar-refractivity contribution in [1.82, 2.24) is 5.06 Å². The summed E-state index contributed by atoms with van der Waals surface area (Å²) in [6.07, 6.45) is 4.95. The number of hydrogen-bond donors (Lipinski definition) is 1. The molecule has 3 heteroatoms. The van der Waals surface area contributed by atoms with Gasteiger partial charge in [0.1, 0.15) is 0 Å². The normalized spacial score (nSPS) is 29.1. The van der Waals surface area contributed by atoms with Crippen LogP contribution in [0.15, 0.2) is 12.7 Å². The molecular formula is C10H17NO2. The first kappa shape index (κ1) is 10.3. The summed E-state index contributed by atoms with van der Waals surface area (Å²) in [7, 11) is 0. The van der Waals surface area contributed by atoms with Crippen LogP contribution in [0.2, 0.25) is 0 Å². The molecule has 0 bridgehead atoms. The second-order valence-electron chi connectivity index (χ2n) is 3.66. The largest absolute Gasteiger partial charge is 0.286 e. The van der Waals surface area contributed by atoms with Gasteiger partial charge in [-0.15, -0.1) is 6.58 Å². The predicted octanol–water partition coefficient (Wildman–Crippen LogP) is 1.97. The highest BCUT2D eigenvalue weighted by molar-refractivity contribution is 5.82. The number of hydroxylamine groups is 2. The number of carbonyl (C=O) groups excluding carboxylic acids is 1. The van der Waals surface area contributed by atoms with Crippen LogP contribution in [0, 0.1) is 5.41 Å². The smallest absolute Gasteiger partial charge is 0.252 e. The van der Waals surface area contributed by atoms with Crippen molar-refractivity contribution in [1.29, 1.82) is 0 Å². The average Bonchev–Trinajstić information content (AvgIpc) is 2.13. The van der Waals surface area contributed by atoms with Gasteiger partial charge in [0, 0.05) is 6.54 Å². The van der Waals surface area contributed by atoms with Crippen molar-refractivity contribution in [2.24, 2.45) is 5.41 Å². The highest BCUT2D eigenvalue weighted by Gasteiger charge is 2.40. The summed E-state index contributed by atoms with van der Waals surface area (Å²) in [6, 6.07) is 0. The Morgan fingerprint density at radius 1 is 1.77 bits per heavy atom. The van der Waals surface area contributed by atoms with Crippen LogP contribution in [0.5, 0.6) is 0 Å². The maximum Gasteiger partial charge on any atom is 0.252 e. The van der Waals surface area contributed by atoms with Crippen LogP contribution in [0.4, 0.5) is 0 Å². The molecule has 1 rings (SSSR count). The molecule has 1 saturated heterocycles. The minimum Gasteiger partial charge on any atom is -0.286 e. The fourth-order valence-electron chi connectivity index (χ4n) is 1.99. The molecule has 0 aromatic rings. The second-order valence-corrected chi connectivity index (χ2v) is 3.66. The Balaban J connectivity index is 2.82. The van der Waals surface area contributed by atoms with Gasteiger partial charge < -0.3 is 0 Å². The summed E-state index contributed by atoms with van der Waals surface area (Å²) in [5.41, 5.74) is -0.380. The third-order valence-electron chi connectivity index (χ3n) is 2.93. The van der Waals surface area contributed by atoms with Gasteiger partial charge in [-0.2, -0.15) is 0 Å². The Morgan fingerprint density at radius 2 is 2.46 bits per heavy atom. The summed E-state index contributed by atoms with van der Waals surface area (Å²) in [5, 5.41) is 10.2. The van der Waals surface area contributed by atoms with E-state index in [4.69, 9.17) is 0 Å². The maximum absolute atomic E-state index is 11.7. The molecule has 0 aromatic carbocycles. The first-order valence-electron chi connectivity index (χ1n) is 4.78. The molecular weight excluding hydrogens is 166 g/mol. The molecule has 0 aliphatic carbocycles. The van der Waals surface area contributed by atoms with Gasteiger partial charge in [0.05, 0.1) is 5.41 Å². The molecule has 3 nitrogen and oxygen atoms in total. The second kappa shape index (κ2) is 3.92. The lowest BCUT2D eigenvalue weighted by Gasteiger charge is -2.37. The van der Waals surface area contributed by atoms with Crippen LogP contribution >= 0.6 is 0 Å². The van der Waals surface area contributed by atoms with Crippen molar-refractivity contribution in [2.45, 2.75) is 32.6 Å². The third-order valence-corrected chi connectivity index (χ3v) is 2.93. The van der Waals surface area contributed by atoms with E-state index in [2.05, 4.69) is 6.58 Å². The number of amides is 1. The molecule has 0 saturated carbocycles. The van der Waals surface area contributed by atoms with E-state index in [1.54, 1.807) is 6.08 Å². The summed E-state index contributed by atoms with van der Waals surface area (Å²) in [4.78, 5) is 11.7. The molecule has 1 amide bonds. The van der Waals surface area contributed by atoms with Gasteiger partial charge in [-0.1, -0.05) is 13.0 Å². The van der Waals surface area contributed by atoms with Crippen LogP contribution in [0.3, 0.4) is 0 Å². The molecule has 13 heavy (non-hydrogen) atoms. The Bertz CT molecular complexity index is 215. The fraction of sp³-hybridized carbons (Fsp3) is 0.700. The van der Waals surface area contributed by atoms with E-state index in [1.165, 1.54) is 0 Å². The highest BCUT2D eigenvalue weighted by Crippen LogP contribution is 2.37. The quantitative estimate of drug-likeness (QED) is 0.537. The SMILES string of the molecule is C=CCC1(CC)CCCN(O)C1=O. The van der Waals surface area contributed by atoms with Crippen molar-refractivity contribution < 1.29 is 10.0 Å². The van der Waals surface area contributed by atoms with Gasteiger partial charge in [-0.3, -0.25) is 10.0 Å². The van der Waals surface area contributed by atoms with Crippen LogP contribution in [0.1, 0.15) is 32.6 Å². The summed E-state index contributed by atoms with van der Waals surface area (Å²) in [6.45, 7) is 6.11. The molecule has 1 N–H and O–H groups in total. The van der Waals surface area contributed by atoms with E-state index < -0.39 is 0 Å². The van der Waals surface area contributed by atoms with Crippen molar-refractivity contribution >= 4 is 5.91 Å². The van der Waals surface area contributed by atoms with Gasteiger partial charge in [0.2, 0.25) is 0 Å². The van der Waals surface area contributed by atoms with Crippen LogP contribution in [0.25, 0.3) is 0 Å². The zero-order valence-corrected chi connectivity index (χ0v) is 8.12.